The van der Waals surface area contributed by atoms with E-state index in [0.29, 0.717) is 5.69 Å². The molecular formula is C13H14N2O3. The van der Waals surface area contributed by atoms with Crippen LogP contribution >= 0.6 is 0 Å². The van der Waals surface area contributed by atoms with Crippen molar-refractivity contribution in [1.29, 1.82) is 0 Å². The maximum Gasteiger partial charge on any atom is 0.339 e. The minimum absolute atomic E-state index is 0.0346. The Balaban J connectivity index is 2.57. The Bertz CT molecular complexity index is 570. The summed E-state index contributed by atoms with van der Waals surface area (Å²) in [4.78, 5) is 11.1. The van der Waals surface area contributed by atoms with Crippen molar-refractivity contribution in [2.45, 2.75) is 19.8 Å². The number of phenols is 1. The number of hydrogen-bond acceptors (Lipinski definition) is 3. The van der Waals surface area contributed by atoms with Crippen LogP contribution < -0.4 is 0 Å². The molecule has 0 amide bonds. The molecule has 0 unspecified atom stereocenters. The second-order valence-electron chi connectivity index (χ2n) is 4.33. The predicted molar refractivity (Wildman–Crippen MR) is 66.3 cm³/mol. The summed E-state index contributed by atoms with van der Waals surface area (Å²) in [7, 11) is 0. The van der Waals surface area contributed by atoms with Crippen LogP contribution in [0.2, 0.25) is 0 Å². The van der Waals surface area contributed by atoms with Crippen LogP contribution in [-0.4, -0.2) is 26.0 Å². The number of aromatic hydroxyl groups is 1. The molecule has 0 saturated carbocycles. The van der Waals surface area contributed by atoms with Crippen molar-refractivity contribution < 1.29 is 15.0 Å². The predicted octanol–water partition coefficient (Wildman–Crippen LogP) is 2.40. The van der Waals surface area contributed by atoms with Gasteiger partial charge in [0.1, 0.15) is 11.3 Å². The number of hydrogen-bond donors (Lipinski definition) is 2. The molecule has 94 valence electrons. The standard InChI is InChI=1S/C13H14N2O3/c1-8(2)12-11(13(17)18)7-14-15(12)9-3-5-10(16)6-4-9/h3-8,16H,1-2H3,(H,17,18). The van der Waals surface area contributed by atoms with E-state index in [4.69, 9.17) is 5.11 Å². The van der Waals surface area contributed by atoms with Crippen LogP contribution in [0.25, 0.3) is 5.69 Å². The highest BCUT2D eigenvalue weighted by Crippen LogP contribution is 2.23. The van der Waals surface area contributed by atoms with Gasteiger partial charge in [-0.05, 0) is 30.2 Å². The number of rotatable bonds is 3. The van der Waals surface area contributed by atoms with Gasteiger partial charge in [-0.25, -0.2) is 9.48 Å². The molecule has 0 fully saturated rings. The molecule has 2 aromatic rings. The lowest BCUT2D eigenvalue weighted by molar-refractivity contribution is 0.0695. The van der Waals surface area contributed by atoms with Crippen molar-refractivity contribution in [3.8, 4) is 11.4 Å². The maximum atomic E-state index is 11.1. The fourth-order valence-corrected chi connectivity index (χ4v) is 1.88. The van der Waals surface area contributed by atoms with E-state index in [-0.39, 0.29) is 17.2 Å². The summed E-state index contributed by atoms with van der Waals surface area (Å²) in [5, 5.41) is 22.5. The monoisotopic (exact) mass is 246 g/mol. The van der Waals surface area contributed by atoms with Gasteiger partial charge < -0.3 is 10.2 Å². The molecule has 5 heteroatoms. The molecular weight excluding hydrogens is 232 g/mol. The zero-order valence-corrected chi connectivity index (χ0v) is 10.2. The van der Waals surface area contributed by atoms with Crippen molar-refractivity contribution >= 4 is 5.97 Å². The van der Waals surface area contributed by atoms with Gasteiger partial charge in [0, 0.05) is 0 Å². The zero-order valence-electron chi connectivity index (χ0n) is 10.2. The molecule has 1 aromatic heterocycles. The van der Waals surface area contributed by atoms with E-state index < -0.39 is 5.97 Å². The van der Waals surface area contributed by atoms with Crippen LogP contribution in [0.3, 0.4) is 0 Å². The van der Waals surface area contributed by atoms with E-state index >= 15 is 0 Å². The lowest BCUT2D eigenvalue weighted by atomic mass is 10.1. The van der Waals surface area contributed by atoms with Gasteiger partial charge >= 0.3 is 5.97 Å². The molecule has 0 bridgehead atoms. The molecule has 0 aliphatic heterocycles. The summed E-state index contributed by atoms with van der Waals surface area (Å²) in [6.45, 7) is 3.83. The highest BCUT2D eigenvalue weighted by Gasteiger charge is 2.19. The number of aromatic nitrogens is 2. The van der Waals surface area contributed by atoms with Crippen molar-refractivity contribution in [2.24, 2.45) is 0 Å². The molecule has 0 radical (unpaired) electrons. The number of phenolic OH excluding ortho intramolecular Hbond substituents is 1. The van der Waals surface area contributed by atoms with Crippen molar-refractivity contribution in [2.75, 3.05) is 0 Å². The fraction of sp³-hybridized carbons (Fsp3) is 0.231. The molecule has 0 aliphatic rings. The van der Waals surface area contributed by atoms with Crippen LogP contribution in [0.4, 0.5) is 0 Å². The van der Waals surface area contributed by atoms with Crippen LogP contribution in [0.15, 0.2) is 30.5 Å². The van der Waals surface area contributed by atoms with Gasteiger partial charge in [0.15, 0.2) is 0 Å². The molecule has 0 atom stereocenters. The molecule has 1 heterocycles. The minimum Gasteiger partial charge on any atom is -0.508 e. The average Bonchev–Trinajstić information content (AvgIpc) is 2.74. The lowest BCUT2D eigenvalue weighted by Gasteiger charge is -2.11. The highest BCUT2D eigenvalue weighted by molar-refractivity contribution is 5.89. The summed E-state index contributed by atoms with van der Waals surface area (Å²) < 4.78 is 1.59. The van der Waals surface area contributed by atoms with Crippen LogP contribution in [-0.2, 0) is 0 Å². The number of aromatic carboxylic acids is 1. The second-order valence-corrected chi connectivity index (χ2v) is 4.33. The second kappa shape index (κ2) is 4.52. The van der Waals surface area contributed by atoms with Crippen LogP contribution in [0.1, 0.15) is 35.8 Å². The Morgan fingerprint density at radius 3 is 2.39 bits per heavy atom. The highest BCUT2D eigenvalue weighted by atomic mass is 16.4. The van der Waals surface area contributed by atoms with E-state index in [1.807, 2.05) is 13.8 Å². The van der Waals surface area contributed by atoms with E-state index in [0.717, 1.165) is 5.69 Å². The number of carbonyl (C=O) groups is 1. The normalized spacial score (nSPS) is 10.8. The first kappa shape index (κ1) is 12.2. The smallest absolute Gasteiger partial charge is 0.339 e. The Kier molecular flexibility index (Phi) is 3.06. The average molecular weight is 246 g/mol. The lowest BCUT2D eigenvalue weighted by Crippen LogP contribution is -2.08. The largest absolute Gasteiger partial charge is 0.508 e. The van der Waals surface area contributed by atoms with Gasteiger partial charge in [0.2, 0.25) is 0 Å². The van der Waals surface area contributed by atoms with Gasteiger partial charge in [-0.1, -0.05) is 13.8 Å². The number of benzene rings is 1. The Labute approximate surface area is 104 Å². The summed E-state index contributed by atoms with van der Waals surface area (Å²) >= 11 is 0. The fourth-order valence-electron chi connectivity index (χ4n) is 1.88. The van der Waals surface area contributed by atoms with E-state index in [1.54, 1.807) is 28.9 Å². The third-order valence-corrected chi connectivity index (χ3v) is 2.68. The van der Waals surface area contributed by atoms with Gasteiger partial charge in [-0.15, -0.1) is 0 Å². The number of carboxylic acid groups (broad SMARTS) is 1. The Morgan fingerprint density at radius 1 is 1.28 bits per heavy atom. The first-order valence-electron chi connectivity index (χ1n) is 5.61. The molecule has 5 nitrogen and oxygen atoms in total. The third kappa shape index (κ3) is 2.07. The quantitative estimate of drug-likeness (QED) is 0.872. The summed E-state index contributed by atoms with van der Waals surface area (Å²) in [6, 6.07) is 6.48. The first-order chi connectivity index (χ1) is 8.50. The summed E-state index contributed by atoms with van der Waals surface area (Å²) in [5.41, 5.74) is 1.58. The summed E-state index contributed by atoms with van der Waals surface area (Å²) in [6.07, 6.45) is 1.35. The molecule has 0 spiro atoms. The topological polar surface area (TPSA) is 75.3 Å². The van der Waals surface area contributed by atoms with Crippen molar-refractivity contribution in [3.63, 3.8) is 0 Å². The van der Waals surface area contributed by atoms with Crippen molar-refractivity contribution in [1.82, 2.24) is 9.78 Å². The van der Waals surface area contributed by atoms with Crippen LogP contribution in [0, 0.1) is 0 Å². The molecule has 2 N–H and O–H groups in total. The number of nitrogens with zero attached hydrogens (tertiary/aromatic N) is 2. The molecule has 2 rings (SSSR count). The Morgan fingerprint density at radius 2 is 1.89 bits per heavy atom. The molecule has 0 aliphatic carbocycles. The Hall–Kier alpha value is -2.30. The summed E-state index contributed by atoms with van der Waals surface area (Å²) in [5.74, 6) is -0.786. The van der Waals surface area contributed by atoms with Gasteiger partial charge in [0.05, 0.1) is 17.6 Å². The SMILES string of the molecule is CC(C)c1c(C(=O)O)cnn1-c1ccc(O)cc1. The van der Waals surface area contributed by atoms with E-state index in [1.165, 1.54) is 6.20 Å². The van der Waals surface area contributed by atoms with E-state index in [2.05, 4.69) is 5.10 Å². The van der Waals surface area contributed by atoms with Gasteiger partial charge in [-0.2, -0.15) is 5.10 Å². The molecule has 1 aromatic carbocycles. The minimum atomic E-state index is -0.983. The van der Waals surface area contributed by atoms with Gasteiger partial charge in [-0.3, -0.25) is 0 Å². The maximum absolute atomic E-state index is 11.1. The molecule has 18 heavy (non-hydrogen) atoms. The van der Waals surface area contributed by atoms with E-state index in [9.17, 15) is 9.90 Å². The number of carboxylic acids is 1. The molecule has 0 saturated heterocycles. The zero-order chi connectivity index (χ0) is 13.3. The first-order valence-corrected chi connectivity index (χ1v) is 5.61. The third-order valence-electron chi connectivity index (χ3n) is 2.68. The van der Waals surface area contributed by atoms with Crippen molar-refractivity contribution in [3.05, 3.63) is 41.7 Å². The van der Waals surface area contributed by atoms with Crippen LogP contribution in [0.5, 0.6) is 5.75 Å². The van der Waals surface area contributed by atoms with Gasteiger partial charge in [0.25, 0.3) is 0 Å².